The van der Waals surface area contributed by atoms with Gasteiger partial charge in [-0.25, -0.2) is 14.8 Å². The number of aromatic nitrogens is 3. The van der Waals surface area contributed by atoms with E-state index in [1.54, 1.807) is 23.4 Å². The lowest BCUT2D eigenvalue weighted by Gasteiger charge is -2.21. The number of anilines is 2. The lowest BCUT2D eigenvalue weighted by molar-refractivity contribution is -0.115. The van der Waals surface area contributed by atoms with Crippen molar-refractivity contribution in [3.8, 4) is 10.7 Å². The first kappa shape index (κ1) is 22.8. The number of esters is 1. The Balaban J connectivity index is 1.49. The van der Waals surface area contributed by atoms with Gasteiger partial charge in [0.05, 0.1) is 22.8 Å². The lowest BCUT2D eigenvalue weighted by Crippen LogP contribution is -2.23. The van der Waals surface area contributed by atoms with Gasteiger partial charge in [0.25, 0.3) is 0 Å². The van der Waals surface area contributed by atoms with Crippen LogP contribution in [0.5, 0.6) is 0 Å². The van der Waals surface area contributed by atoms with Crippen molar-refractivity contribution in [2.24, 2.45) is 0 Å². The van der Waals surface area contributed by atoms with Crippen LogP contribution in [0.1, 0.15) is 39.1 Å². The molecule has 3 aromatic heterocycles. The number of aryl methyl sites for hydroxylation is 2. The predicted molar refractivity (Wildman–Crippen MR) is 130 cm³/mol. The second kappa shape index (κ2) is 9.60. The summed E-state index contributed by atoms with van der Waals surface area (Å²) in [6.07, 6.45) is 1.69. The van der Waals surface area contributed by atoms with Gasteiger partial charge in [0.15, 0.2) is 5.13 Å². The Morgan fingerprint density at radius 1 is 1.06 bits per heavy atom. The molecule has 0 spiro atoms. The van der Waals surface area contributed by atoms with Crippen LogP contribution in [0.3, 0.4) is 0 Å². The van der Waals surface area contributed by atoms with E-state index >= 15 is 0 Å². The molecule has 0 saturated heterocycles. The summed E-state index contributed by atoms with van der Waals surface area (Å²) in [5, 5.41) is 3.00. The zero-order chi connectivity index (χ0) is 23.5. The van der Waals surface area contributed by atoms with E-state index in [0.717, 1.165) is 16.8 Å². The molecule has 0 atom stereocenters. The standard InChI is InChI=1S/C24H22N4O3S2/c1-14-8-7-10-20(15(14)2)28(17(4)29)24-27-18(13-32-24)12-31-23(30)21-16(3)26-22(33-21)19-9-5-6-11-25-19/h5-11,13H,12H2,1-4H3. The minimum atomic E-state index is -0.459. The molecule has 9 heteroatoms. The summed E-state index contributed by atoms with van der Waals surface area (Å²) in [5.74, 6) is -0.594. The Morgan fingerprint density at radius 2 is 1.88 bits per heavy atom. The highest BCUT2D eigenvalue weighted by atomic mass is 32.1. The van der Waals surface area contributed by atoms with Crippen LogP contribution in [0.2, 0.25) is 0 Å². The molecule has 1 amide bonds. The molecule has 4 aromatic rings. The molecular formula is C24H22N4O3S2. The van der Waals surface area contributed by atoms with E-state index in [4.69, 9.17) is 4.74 Å². The maximum absolute atomic E-state index is 12.7. The molecule has 4 rings (SSSR count). The average molecular weight is 479 g/mol. The molecule has 1 aromatic carbocycles. The largest absolute Gasteiger partial charge is 0.455 e. The van der Waals surface area contributed by atoms with Crippen LogP contribution in [0.25, 0.3) is 10.7 Å². The Kier molecular flexibility index (Phi) is 6.62. The molecular weight excluding hydrogens is 456 g/mol. The van der Waals surface area contributed by atoms with E-state index in [0.29, 0.717) is 32.1 Å². The van der Waals surface area contributed by atoms with Crippen LogP contribution in [0.15, 0.2) is 48.0 Å². The van der Waals surface area contributed by atoms with Gasteiger partial charge >= 0.3 is 5.97 Å². The Bertz CT molecular complexity index is 1310. The minimum absolute atomic E-state index is 0.00411. The molecule has 7 nitrogen and oxygen atoms in total. The van der Waals surface area contributed by atoms with Gasteiger partial charge < -0.3 is 4.74 Å². The van der Waals surface area contributed by atoms with Gasteiger partial charge in [0.2, 0.25) is 5.91 Å². The van der Waals surface area contributed by atoms with Gasteiger partial charge in [-0.05, 0) is 50.1 Å². The fourth-order valence-electron chi connectivity index (χ4n) is 3.24. The molecule has 0 aliphatic carbocycles. The SMILES string of the molecule is CC(=O)N(c1nc(COC(=O)c2sc(-c3ccccn3)nc2C)cs1)c1cccc(C)c1C. The topological polar surface area (TPSA) is 85.3 Å². The van der Waals surface area contributed by atoms with E-state index < -0.39 is 5.97 Å². The summed E-state index contributed by atoms with van der Waals surface area (Å²) < 4.78 is 5.50. The van der Waals surface area contributed by atoms with Crippen molar-refractivity contribution in [1.29, 1.82) is 0 Å². The van der Waals surface area contributed by atoms with Gasteiger partial charge in [-0.2, -0.15) is 0 Å². The van der Waals surface area contributed by atoms with Crippen molar-refractivity contribution in [3.63, 3.8) is 0 Å². The van der Waals surface area contributed by atoms with E-state index in [9.17, 15) is 9.59 Å². The van der Waals surface area contributed by atoms with Crippen molar-refractivity contribution in [2.45, 2.75) is 34.3 Å². The summed E-state index contributed by atoms with van der Waals surface area (Å²) in [4.78, 5) is 40.4. The molecule has 3 heterocycles. The number of pyridine rings is 1. The number of hydrogen-bond donors (Lipinski definition) is 0. The number of hydrogen-bond acceptors (Lipinski definition) is 8. The van der Waals surface area contributed by atoms with Crippen LogP contribution in [-0.2, 0) is 16.1 Å². The molecule has 0 radical (unpaired) electrons. The zero-order valence-electron chi connectivity index (χ0n) is 18.7. The van der Waals surface area contributed by atoms with Crippen LogP contribution < -0.4 is 4.90 Å². The fourth-order valence-corrected chi connectivity index (χ4v) is 5.04. The molecule has 0 fully saturated rings. The van der Waals surface area contributed by atoms with Crippen LogP contribution in [-0.4, -0.2) is 26.8 Å². The summed E-state index contributed by atoms with van der Waals surface area (Å²) in [6.45, 7) is 7.27. The number of nitrogens with zero attached hydrogens (tertiary/aromatic N) is 4. The minimum Gasteiger partial charge on any atom is -0.455 e. The van der Waals surface area contributed by atoms with Crippen LogP contribution >= 0.6 is 22.7 Å². The molecule has 0 aliphatic heterocycles. The average Bonchev–Trinajstić information content (AvgIpc) is 3.42. The first-order valence-corrected chi connectivity index (χ1v) is 11.9. The van der Waals surface area contributed by atoms with Crippen molar-refractivity contribution in [1.82, 2.24) is 15.0 Å². The van der Waals surface area contributed by atoms with Gasteiger partial charge in [0, 0.05) is 18.5 Å². The quantitative estimate of drug-likeness (QED) is 0.334. The second-order valence-electron chi connectivity index (χ2n) is 7.42. The van der Waals surface area contributed by atoms with Gasteiger partial charge in [-0.1, -0.05) is 18.2 Å². The Labute approximate surface area is 199 Å². The molecule has 0 aliphatic rings. The summed E-state index contributed by atoms with van der Waals surface area (Å²) in [6, 6.07) is 11.4. The number of amides is 1. The number of thiazole rings is 2. The van der Waals surface area contributed by atoms with Crippen molar-refractivity contribution < 1.29 is 14.3 Å². The van der Waals surface area contributed by atoms with E-state index in [2.05, 4.69) is 15.0 Å². The number of carbonyl (C=O) groups is 2. The number of ether oxygens (including phenoxy) is 1. The van der Waals surface area contributed by atoms with Crippen molar-refractivity contribution in [2.75, 3.05) is 4.90 Å². The second-order valence-corrected chi connectivity index (χ2v) is 9.26. The normalized spacial score (nSPS) is 10.8. The number of carbonyl (C=O) groups excluding carboxylic acids is 2. The first-order chi connectivity index (χ1) is 15.8. The molecule has 0 unspecified atom stereocenters. The smallest absolute Gasteiger partial charge is 0.350 e. The van der Waals surface area contributed by atoms with Gasteiger partial charge in [-0.3, -0.25) is 14.7 Å². The predicted octanol–water partition coefficient (Wildman–Crippen LogP) is 5.63. The zero-order valence-corrected chi connectivity index (χ0v) is 20.3. The highest BCUT2D eigenvalue weighted by molar-refractivity contribution is 7.17. The van der Waals surface area contributed by atoms with Crippen molar-refractivity contribution in [3.05, 3.63) is 75.4 Å². The highest BCUT2D eigenvalue weighted by Gasteiger charge is 2.22. The lowest BCUT2D eigenvalue weighted by atomic mass is 10.1. The Morgan fingerprint density at radius 3 is 2.61 bits per heavy atom. The van der Waals surface area contributed by atoms with Gasteiger partial charge in [-0.15, -0.1) is 22.7 Å². The van der Waals surface area contributed by atoms with E-state index in [-0.39, 0.29) is 12.5 Å². The number of rotatable bonds is 6. The number of benzene rings is 1. The highest BCUT2D eigenvalue weighted by Crippen LogP contribution is 2.33. The first-order valence-electron chi connectivity index (χ1n) is 10.2. The molecule has 0 bridgehead atoms. The fraction of sp³-hybridized carbons (Fsp3) is 0.208. The van der Waals surface area contributed by atoms with Crippen LogP contribution in [0.4, 0.5) is 10.8 Å². The third kappa shape index (κ3) is 4.84. The van der Waals surface area contributed by atoms with Crippen LogP contribution in [0, 0.1) is 20.8 Å². The molecule has 33 heavy (non-hydrogen) atoms. The van der Waals surface area contributed by atoms with Crippen molar-refractivity contribution >= 4 is 45.4 Å². The maximum Gasteiger partial charge on any atom is 0.350 e. The van der Waals surface area contributed by atoms with E-state index in [1.807, 2.05) is 50.2 Å². The monoisotopic (exact) mass is 478 g/mol. The summed E-state index contributed by atoms with van der Waals surface area (Å²) in [5.41, 5.74) is 4.79. The Hall–Kier alpha value is -3.43. The third-order valence-corrected chi connectivity index (χ3v) is 7.11. The maximum atomic E-state index is 12.7. The third-order valence-electron chi connectivity index (χ3n) is 5.08. The van der Waals surface area contributed by atoms with E-state index in [1.165, 1.54) is 29.6 Å². The molecule has 168 valence electrons. The summed E-state index contributed by atoms with van der Waals surface area (Å²) in [7, 11) is 0. The summed E-state index contributed by atoms with van der Waals surface area (Å²) >= 11 is 2.58. The molecule has 0 saturated carbocycles. The van der Waals surface area contributed by atoms with Gasteiger partial charge in [0.1, 0.15) is 16.5 Å². The molecule has 0 N–H and O–H groups in total.